The van der Waals surface area contributed by atoms with Crippen molar-refractivity contribution in [2.24, 2.45) is 0 Å². The third kappa shape index (κ3) is 7.22. The third-order valence-corrected chi connectivity index (χ3v) is 4.44. The van der Waals surface area contributed by atoms with Gasteiger partial charge in [-0.2, -0.15) is 0 Å². The van der Waals surface area contributed by atoms with Crippen LogP contribution in [0.15, 0.2) is 12.2 Å². The Balaban J connectivity index is 4.65. The van der Waals surface area contributed by atoms with Crippen molar-refractivity contribution in [3.8, 4) is 0 Å². The summed E-state index contributed by atoms with van der Waals surface area (Å²) in [5, 5.41) is 0. The van der Waals surface area contributed by atoms with Crippen LogP contribution < -0.4 is 0 Å². The Morgan fingerprint density at radius 3 is 2.30 bits per heavy atom. The second kappa shape index (κ2) is 10.1. The van der Waals surface area contributed by atoms with Gasteiger partial charge in [-0.1, -0.05) is 33.3 Å². The average molecular weight is 302 g/mol. The van der Waals surface area contributed by atoms with Crippen LogP contribution in [0.25, 0.3) is 0 Å². The minimum Gasteiger partial charge on any atom is -0.432 e. The molecule has 2 atom stereocenters. The normalized spacial score (nSPS) is 15.6. The molecule has 0 fully saturated rings. The molecule has 4 nitrogen and oxygen atoms in total. The summed E-state index contributed by atoms with van der Waals surface area (Å²) >= 11 is 0. The van der Waals surface area contributed by atoms with E-state index in [1.165, 1.54) is 0 Å². The minimum absolute atomic E-state index is 0.263. The van der Waals surface area contributed by atoms with Crippen molar-refractivity contribution in [3.05, 3.63) is 12.2 Å². The van der Waals surface area contributed by atoms with Gasteiger partial charge in [0.1, 0.15) is 6.10 Å². The van der Waals surface area contributed by atoms with Crippen molar-refractivity contribution in [1.82, 2.24) is 0 Å². The number of carbonyl (C=O) groups excluding carboxylic acids is 1. The SMILES string of the molecule is C=C(C)C(=O)OC([SiH3])(OCCCC)C(C)OCCCC. The molecule has 5 heteroatoms. The van der Waals surface area contributed by atoms with Crippen LogP contribution in [0.1, 0.15) is 53.4 Å². The molecule has 0 saturated carbocycles. The summed E-state index contributed by atoms with van der Waals surface area (Å²) in [5.41, 5.74) is -0.552. The number of unbranched alkanes of at least 4 members (excludes halogenated alkanes) is 2. The average Bonchev–Trinajstić information content (AvgIpc) is 2.39. The molecule has 0 saturated heterocycles. The molecule has 0 aromatic rings. The standard InChI is InChI=1S/C15H30O4Si/c1-6-8-10-17-13(5)15(20,18-11-9-7-2)19-14(16)12(3)4/h13H,3,6-11H2,1-2,4-5,20H3. The van der Waals surface area contributed by atoms with Gasteiger partial charge < -0.3 is 14.2 Å². The Bertz CT molecular complexity index is 306. The van der Waals surface area contributed by atoms with Gasteiger partial charge in [-0.3, -0.25) is 0 Å². The highest BCUT2D eigenvalue weighted by molar-refractivity contribution is 6.15. The Labute approximate surface area is 126 Å². The van der Waals surface area contributed by atoms with E-state index in [1.54, 1.807) is 6.92 Å². The topological polar surface area (TPSA) is 44.8 Å². The first-order valence-electron chi connectivity index (χ1n) is 7.51. The smallest absolute Gasteiger partial charge is 0.335 e. The number of carbonyl (C=O) groups is 1. The lowest BCUT2D eigenvalue weighted by atomic mass is 10.3. The number of esters is 1. The van der Waals surface area contributed by atoms with Crippen LogP contribution in [0, 0.1) is 0 Å². The lowest BCUT2D eigenvalue weighted by Gasteiger charge is -2.35. The summed E-state index contributed by atoms with van der Waals surface area (Å²) in [6.45, 7) is 12.6. The summed E-state index contributed by atoms with van der Waals surface area (Å²) in [5.74, 6) is -0.414. The van der Waals surface area contributed by atoms with Gasteiger partial charge in [0.2, 0.25) is 5.41 Å². The van der Waals surface area contributed by atoms with Crippen LogP contribution >= 0.6 is 0 Å². The first-order valence-corrected chi connectivity index (χ1v) is 8.51. The summed E-state index contributed by atoms with van der Waals surface area (Å²) in [7, 11) is 0.550. The number of hydrogen-bond acceptors (Lipinski definition) is 4. The lowest BCUT2D eigenvalue weighted by molar-refractivity contribution is -0.229. The predicted molar refractivity (Wildman–Crippen MR) is 84.8 cm³/mol. The van der Waals surface area contributed by atoms with E-state index in [1.807, 2.05) is 6.92 Å². The van der Waals surface area contributed by atoms with Crippen molar-refractivity contribution in [2.75, 3.05) is 13.2 Å². The van der Waals surface area contributed by atoms with Crippen LogP contribution in [0.2, 0.25) is 0 Å². The Hall–Kier alpha value is -0.653. The van der Waals surface area contributed by atoms with E-state index in [9.17, 15) is 4.79 Å². The molecular formula is C15H30O4Si. The molecule has 0 aromatic heterocycles. The Morgan fingerprint density at radius 2 is 1.80 bits per heavy atom. The van der Waals surface area contributed by atoms with Gasteiger partial charge in [-0.05, 0) is 26.7 Å². The molecule has 118 valence electrons. The van der Waals surface area contributed by atoms with Gasteiger partial charge in [0.15, 0.2) is 0 Å². The molecule has 0 N–H and O–H groups in total. The van der Waals surface area contributed by atoms with E-state index in [4.69, 9.17) is 14.2 Å². The number of ether oxygens (including phenoxy) is 3. The molecule has 0 aliphatic rings. The van der Waals surface area contributed by atoms with E-state index in [-0.39, 0.29) is 6.10 Å². The van der Waals surface area contributed by atoms with Crippen LogP contribution in [0.3, 0.4) is 0 Å². The second-order valence-electron chi connectivity index (χ2n) is 5.25. The number of rotatable bonds is 11. The first kappa shape index (κ1) is 19.3. The zero-order valence-electron chi connectivity index (χ0n) is 13.7. The molecule has 0 aromatic carbocycles. The van der Waals surface area contributed by atoms with E-state index < -0.39 is 11.4 Å². The maximum Gasteiger partial charge on any atom is 0.335 e. The summed E-state index contributed by atoms with van der Waals surface area (Å²) in [6, 6.07) is 0. The highest BCUT2D eigenvalue weighted by Gasteiger charge is 2.36. The van der Waals surface area contributed by atoms with E-state index >= 15 is 0 Å². The molecule has 20 heavy (non-hydrogen) atoms. The van der Waals surface area contributed by atoms with Crippen LogP contribution in [0.5, 0.6) is 0 Å². The molecule has 2 unspecified atom stereocenters. The highest BCUT2D eigenvalue weighted by atomic mass is 28.1. The third-order valence-electron chi connectivity index (χ3n) is 3.13. The maximum absolute atomic E-state index is 11.8. The zero-order chi connectivity index (χ0) is 15.6. The van der Waals surface area contributed by atoms with Crippen molar-refractivity contribution in [1.29, 1.82) is 0 Å². The van der Waals surface area contributed by atoms with Crippen molar-refractivity contribution < 1.29 is 19.0 Å². The van der Waals surface area contributed by atoms with Gasteiger partial charge in [0.05, 0.1) is 16.8 Å². The van der Waals surface area contributed by atoms with Crippen LogP contribution in [0.4, 0.5) is 0 Å². The molecule has 0 spiro atoms. The molecule has 0 amide bonds. The Morgan fingerprint density at radius 1 is 1.25 bits per heavy atom. The largest absolute Gasteiger partial charge is 0.432 e. The van der Waals surface area contributed by atoms with Crippen molar-refractivity contribution in [3.63, 3.8) is 0 Å². The van der Waals surface area contributed by atoms with E-state index in [2.05, 4.69) is 20.4 Å². The van der Waals surface area contributed by atoms with Crippen molar-refractivity contribution >= 4 is 16.2 Å². The quantitative estimate of drug-likeness (QED) is 0.193. The number of hydrogen-bond donors (Lipinski definition) is 0. The predicted octanol–water partition coefficient (Wildman–Crippen LogP) is 2.15. The summed E-state index contributed by atoms with van der Waals surface area (Å²) < 4.78 is 17.1. The first-order chi connectivity index (χ1) is 9.37. The maximum atomic E-state index is 11.8. The minimum atomic E-state index is -0.932. The molecular weight excluding hydrogens is 272 g/mol. The van der Waals surface area contributed by atoms with Gasteiger partial charge in [0, 0.05) is 12.2 Å². The van der Waals surface area contributed by atoms with E-state index in [0.29, 0.717) is 29.0 Å². The van der Waals surface area contributed by atoms with Gasteiger partial charge in [0.25, 0.3) is 0 Å². The molecule has 0 heterocycles. The summed E-state index contributed by atoms with van der Waals surface area (Å²) in [4.78, 5) is 11.8. The Kier molecular flexibility index (Phi) is 9.80. The lowest BCUT2D eigenvalue weighted by Crippen LogP contribution is -2.50. The second-order valence-corrected chi connectivity index (χ2v) is 6.65. The fraction of sp³-hybridized carbons (Fsp3) is 0.800. The monoisotopic (exact) mass is 302 g/mol. The van der Waals surface area contributed by atoms with E-state index in [0.717, 1.165) is 25.7 Å². The van der Waals surface area contributed by atoms with Crippen LogP contribution in [-0.2, 0) is 19.0 Å². The molecule has 0 bridgehead atoms. The highest BCUT2D eigenvalue weighted by Crippen LogP contribution is 2.20. The fourth-order valence-electron chi connectivity index (χ4n) is 1.48. The molecule has 0 aliphatic heterocycles. The van der Waals surface area contributed by atoms with Crippen molar-refractivity contribution in [2.45, 2.75) is 64.9 Å². The molecule has 0 rings (SSSR count). The molecule has 0 radical (unpaired) electrons. The summed E-state index contributed by atoms with van der Waals surface area (Å²) in [6.07, 6.45) is 3.78. The molecule has 0 aliphatic carbocycles. The zero-order valence-corrected chi connectivity index (χ0v) is 15.7. The van der Waals surface area contributed by atoms with Gasteiger partial charge in [-0.15, -0.1) is 0 Å². The fourth-order valence-corrected chi connectivity index (χ4v) is 2.03. The van der Waals surface area contributed by atoms with Crippen LogP contribution in [-0.4, -0.2) is 40.9 Å². The van der Waals surface area contributed by atoms with Gasteiger partial charge in [-0.25, -0.2) is 4.79 Å². The van der Waals surface area contributed by atoms with Gasteiger partial charge >= 0.3 is 5.97 Å².